The number of halogens is 3. The maximum atomic E-state index is 12.9. The maximum absolute atomic E-state index is 12.9. The predicted molar refractivity (Wildman–Crippen MR) is 130 cm³/mol. The van der Waals surface area contributed by atoms with Gasteiger partial charge in [0.05, 0.1) is 12.1 Å². The Morgan fingerprint density at radius 3 is 2.31 bits per heavy atom. The average Bonchev–Trinajstić information content (AvgIpc) is 3.50. The monoisotopic (exact) mass is 499 g/mol. The molecule has 2 aromatic rings. The van der Waals surface area contributed by atoms with E-state index in [1.807, 2.05) is 4.90 Å². The molecule has 2 aromatic carbocycles. The molecule has 1 saturated carbocycles. The molecule has 36 heavy (non-hydrogen) atoms. The van der Waals surface area contributed by atoms with Gasteiger partial charge in [0.15, 0.2) is 0 Å². The average molecular weight is 500 g/mol. The third-order valence-corrected chi connectivity index (χ3v) is 8.23. The molecule has 192 valence electrons. The topological polar surface area (TPSA) is 52.7 Å². The van der Waals surface area contributed by atoms with Crippen molar-refractivity contribution in [3.8, 4) is 0 Å². The highest BCUT2D eigenvalue weighted by Gasteiger charge is 2.46. The van der Waals surface area contributed by atoms with E-state index in [1.54, 1.807) is 0 Å². The lowest BCUT2D eigenvalue weighted by atomic mass is 9.81. The van der Waals surface area contributed by atoms with E-state index in [1.165, 1.54) is 43.4 Å². The fraction of sp³-hybridized carbons (Fsp3) is 0.500. The quantitative estimate of drug-likeness (QED) is 0.641. The standard InChI is InChI=1S/C28H32F3N3O2/c29-28(30,31)22-8-4-7-21(17-22)27(36)32-18-26(35)34-16-14-24-25(34)13-15-33(24)23-11-9-20(10-12-23)19-5-2-1-3-6-19/h1-8,17,20,23-25H,9-16,18H2,(H,32,36)/t20-,23-,24?,25?. The molecule has 1 aliphatic carbocycles. The molecular formula is C28H32F3N3O2. The maximum Gasteiger partial charge on any atom is 0.416 e. The first-order valence-electron chi connectivity index (χ1n) is 12.9. The number of nitrogens with zero attached hydrogens (tertiary/aromatic N) is 2. The zero-order valence-corrected chi connectivity index (χ0v) is 20.2. The van der Waals surface area contributed by atoms with Gasteiger partial charge in [-0.05, 0) is 68.2 Å². The van der Waals surface area contributed by atoms with Crippen molar-refractivity contribution in [1.29, 1.82) is 0 Å². The Balaban J connectivity index is 1.13. The van der Waals surface area contributed by atoms with Crippen molar-refractivity contribution < 1.29 is 22.8 Å². The van der Waals surface area contributed by atoms with E-state index >= 15 is 0 Å². The summed E-state index contributed by atoms with van der Waals surface area (Å²) < 4.78 is 38.8. The third-order valence-electron chi connectivity index (χ3n) is 8.23. The second kappa shape index (κ2) is 10.2. The molecule has 0 radical (unpaired) electrons. The van der Waals surface area contributed by atoms with E-state index in [9.17, 15) is 22.8 Å². The van der Waals surface area contributed by atoms with Crippen LogP contribution in [-0.4, -0.2) is 59.4 Å². The Labute approximate surface area is 209 Å². The van der Waals surface area contributed by atoms with Gasteiger partial charge in [0.1, 0.15) is 0 Å². The zero-order valence-electron chi connectivity index (χ0n) is 20.2. The smallest absolute Gasteiger partial charge is 0.343 e. The lowest BCUT2D eigenvalue weighted by Gasteiger charge is -2.37. The fourth-order valence-corrected chi connectivity index (χ4v) is 6.44. The van der Waals surface area contributed by atoms with Crippen LogP contribution in [0.1, 0.15) is 65.9 Å². The minimum atomic E-state index is -4.52. The number of nitrogens with one attached hydrogen (secondary N) is 1. The molecule has 0 spiro atoms. The van der Waals surface area contributed by atoms with Gasteiger partial charge < -0.3 is 10.2 Å². The van der Waals surface area contributed by atoms with Gasteiger partial charge in [-0.1, -0.05) is 36.4 Å². The van der Waals surface area contributed by atoms with Gasteiger partial charge in [-0.3, -0.25) is 14.5 Å². The molecule has 2 amide bonds. The highest BCUT2D eigenvalue weighted by Crippen LogP contribution is 2.40. The van der Waals surface area contributed by atoms with Gasteiger partial charge in [-0.25, -0.2) is 0 Å². The predicted octanol–water partition coefficient (Wildman–Crippen LogP) is 4.84. The number of carbonyl (C=O) groups excluding carboxylic acids is 2. The number of carbonyl (C=O) groups is 2. The molecule has 2 saturated heterocycles. The van der Waals surface area contributed by atoms with Crippen LogP contribution < -0.4 is 5.32 Å². The molecule has 2 aliphatic heterocycles. The zero-order chi connectivity index (χ0) is 25.3. The molecule has 0 bridgehead atoms. The minimum absolute atomic E-state index is 0.102. The number of rotatable bonds is 5. The summed E-state index contributed by atoms with van der Waals surface area (Å²) in [6, 6.07) is 16.0. The number of fused-ring (bicyclic) bond motifs is 1. The largest absolute Gasteiger partial charge is 0.416 e. The number of amides is 2. The molecule has 0 aromatic heterocycles. The first-order valence-corrected chi connectivity index (χ1v) is 12.9. The van der Waals surface area contributed by atoms with Crippen LogP contribution in [-0.2, 0) is 11.0 Å². The van der Waals surface area contributed by atoms with Gasteiger partial charge >= 0.3 is 6.18 Å². The van der Waals surface area contributed by atoms with Crippen molar-refractivity contribution in [2.24, 2.45) is 0 Å². The summed E-state index contributed by atoms with van der Waals surface area (Å²) >= 11 is 0. The Morgan fingerprint density at radius 2 is 1.58 bits per heavy atom. The number of hydrogen-bond acceptors (Lipinski definition) is 3. The second-order valence-corrected chi connectivity index (χ2v) is 10.2. The summed E-state index contributed by atoms with van der Waals surface area (Å²) in [6.45, 7) is 1.43. The van der Waals surface area contributed by atoms with Crippen LogP contribution in [0.3, 0.4) is 0 Å². The summed E-state index contributed by atoms with van der Waals surface area (Å²) in [5.74, 6) is -0.214. The van der Waals surface area contributed by atoms with Crippen molar-refractivity contribution in [2.75, 3.05) is 19.6 Å². The Kier molecular flexibility index (Phi) is 7.06. The van der Waals surface area contributed by atoms with Crippen molar-refractivity contribution in [1.82, 2.24) is 15.1 Å². The van der Waals surface area contributed by atoms with Gasteiger partial charge in [0.25, 0.3) is 5.91 Å². The second-order valence-electron chi connectivity index (χ2n) is 10.2. The van der Waals surface area contributed by atoms with E-state index in [0.717, 1.165) is 31.5 Å². The van der Waals surface area contributed by atoms with Crippen molar-refractivity contribution in [3.05, 3.63) is 71.3 Å². The number of benzene rings is 2. The highest BCUT2D eigenvalue weighted by molar-refractivity contribution is 5.96. The van der Waals surface area contributed by atoms with Gasteiger partial charge in [0, 0.05) is 36.8 Å². The highest BCUT2D eigenvalue weighted by atomic mass is 19.4. The van der Waals surface area contributed by atoms with Gasteiger partial charge in [-0.15, -0.1) is 0 Å². The van der Waals surface area contributed by atoms with E-state index in [4.69, 9.17) is 0 Å². The summed E-state index contributed by atoms with van der Waals surface area (Å²) in [5, 5.41) is 2.52. The van der Waals surface area contributed by atoms with E-state index in [2.05, 4.69) is 40.5 Å². The normalized spacial score (nSPS) is 26.6. The van der Waals surface area contributed by atoms with Crippen LogP contribution in [0, 0.1) is 0 Å². The lowest BCUT2D eigenvalue weighted by molar-refractivity contribution is -0.137. The molecular weight excluding hydrogens is 467 g/mol. The van der Waals surface area contributed by atoms with Crippen LogP contribution in [0.2, 0.25) is 0 Å². The Morgan fingerprint density at radius 1 is 0.861 bits per heavy atom. The first kappa shape index (κ1) is 24.8. The molecule has 5 nitrogen and oxygen atoms in total. The SMILES string of the molecule is O=C(NCC(=O)N1CCC2C1CCN2[C@H]1CC[C@H](c2ccccc2)CC1)c1cccc(C(F)(F)F)c1. The minimum Gasteiger partial charge on any atom is -0.343 e. The van der Waals surface area contributed by atoms with Crippen LogP contribution >= 0.6 is 0 Å². The molecule has 5 rings (SSSR count). The molecule has 1 N–H and O–H groups in total. The first-order chi connectivity index (χ1) is 17.3. The Bertz CT molecular complexity index is 1080. The molecule has 2 heterocycles. The lowest BCUT2D eigenvalue weighted by Crippen LogP contribution is -2.46. The molecule has 3 fully saturated rings. The molecule has 2 atom stereocenters. The number of likely N-dealkylation sites (tertiary alicyclic amines) is 2. The van der Waals surface area contributed by atoms with Gasteiger partial charge in [-0.2, -0.15) is 13.2 Å². The van der Waals surface area contributed by atoms with Crippen LogP contribution in [0.25, 0.3) is 0 Å². The van der Waals surface area contributed by atoms with Crippen molar-refractivity contribution in [3.63, 3.8) is 0 Å². The molecule has 3 aliphatic rings. The molecule has 2 unspecified atom stereocenters. The fourth-order valence-electron chi connectivity index (χ4n) is 6.44. The van der Waals surface area contributed by atoms with Crippen molar-refractivity contribution in [2.45, 2.75) is 68.7 Å². The van der Waals surface area contributed by atoms with Crippen molar-refractivity contribution >= 4 is 11.8 Å². The van der Waals surface area contributed by atoms with Gasteiger partial charge in [0.2, 0.25) is 5.91 Å². The summed E-state index contributed by atoms with van der Waals surface area (Å²) in [5.41, 5.74) is 0.447. The summed E-state index contributed by atoms with van der Waals surface area (Å²) in [7, 11) is 0. The van der Waals surface area contributed by atoms with E-state index < -0.39 is 17.6 Å². The summed E-state index contributed by atoms with van der Waals surface area (Å²) in [4.78, 5) is 29.8. The van der Waals surface area contributed by atoms with Crippen LogP contribution in [0.15, 0.2) is 54.6 Å². The third kappa shape index (κ3) is 5.14. The van der Waals surface area contributed by atoms with E-state index in [0.29, 0.717) is 24.5 Å². The number of hydrogen-bond donors (Lipinski definition) is 1. The Hall–Kier alpha value is -2.87. The van der Waals surface area contributed by atoms with E-state index in [-0.39, 0.29) is 24.1 Å². The molecule has 8 heteroatoms. The van der Waals surface area contributed by atoms with Crippen LogP contribution in [0.5, 0.6) is 0 Å². The number of alkyl halides is 3. The summed E-state index contributed by atoms with van der Waals surface area (Å²) in [6.07, 6.45) is 2.05. The van der Waals surface area contributed by atoms with Crippen LogP contribution in [0.4, 0.5) is 13.2 Å².